The zero-order valence-corrected chi connectivity index (χ0v) is 10.4. The van der Waals surface area contributed by atoms with E-state index in [9.17, 15) is 4.79 Å². The number of nitrogens with two attached hydrogens (primary N) is 1. The van der Waals surface area contributed by atoms with Crippen LogP contribution in [0.15, 0.2) is 24.3 Å². The number of halogens is 1. The highest BCUT2D eigenvalue weighted by molar-refractivity contribution is 6.31. The highest BCUT2D eigenvalue weighted by Gasteiger charge is 2.16. The molecule has 3 nitrogen and oxygen atoms in total. The van der Waals surface area contributed by atoms with E-state index in [-0.39, 0.29) is 5.91 Å². The van der Waals surface area contributed by atoms with Crippen molar-refractivity contribution < 1.29 is 4.79 Å². The Morgan fingerprint density at radius 1 is 1.50 bits per heavy atom. The lowest BCUT2D eigenvalue weighted by Crippen LogP contribution is -2.40. The fraction of sp³-hybridized carbons (Fsp3) is 0.417. The van der Waals surface area contributed by atoms with Crippen molar-refractivity contribution in [3.8, 4) is 0 Å². The molecule has 0 bridgehead atoms. The smallest absolute Gasteiger partial charge is 0.239 e. The molecule has 4 heteroatoms. The van der Waals surface area contributed by atoms with Gasteiger partial charge in [0.15, 0.2) is 0 Å². The Labute approximate surface area is 101 Å². The summed E-state index contributed by atoms with van der Waals surface area (Å²) >= 11 is 6.02. The van der Waals surface area contributed by atoms with E-state index in [4.69, 9.17) is 17.3 Å². The first-order valence-corrected chi connectivity index (χ1v) is 5.68. The number of hydrogen-bond donors (Lipinski definition) is 1. The Morgan fingerprint density at radius 2 is 2.12 bits per heavy atom. The van der Waals surface area contributed by atoms with E-state index in [1.807, 2.05) is 31.2 Å². The number of carbonyl (C=O) groups excluding carboxylic acids is 1. The van der Waals surface area contributed by atoms with Gasteiger partial charge in [-0.3, -0.25) is 4.79 Å². The molecule has 0 saturated heterocycles. The molecule has 0 radical (unpaired) electrons. The molecular formula is C12H17ClN2O. The Morgan fingerprint density at radius 3 is 2.69 bits per heavy atom. The summed E-state index contributed by atoms with van der Waals surface area (Å²) in [5.74, 6) is -0.0533. The molecule has 1 aromatic rings. The van der Waals surface area contributed by atoms with E-state index >= 15 is 0 Å². The molecule has 2 N–H and O–H groups in total. The molecule has 16 heavy (non-hydrogen) atoms. The second-order valence-corrected chi connectivity index (χ2v) is 4.21. The van der Waals surface area contributed by atoms with Crippen LogP contribution in [0.3, 0.4) is 0 Å². The van der Waals surface area contributed by atoms with Crippen LogP contribution in [0.4, 0.5) is 0 Å². The van der Waals surface area contributed by atoms with E-state index < -0.39 is 6.04 Å². The van der Waals surface area contributed by atoms with Crippen molar-refractivity contribution in [2.24, 2.45) is 5.73 Å². The summed E-state index contributed by atoms with van der Waals surface area (Å²) in [7, 11) is 1.74. The summed E-state index contributed by atoms with van der Waals surface area (Å²) in [6, 6.07) is 7.07. The molecule has 0 aromatic heterocycles. The molecule has 1 atom stereocenters. The molecule has 0 heterocycles. The third-order valence-corrected chi connectivity index (χ3v) is 2.87. The van der Waals surface area contributed by atoms with Crippen molar-refractivity contribution >= 4 is 17.5 Å². The maximum absolute atomic E-state index is 11.7. The van der Waals surface area contributed by atoms with E-state index in [0.717, 1.165) is 5.56 Å². The molecule has 0 fully saturated rings. The molecule has 1 amide bonds. The zero-order valence-electron chi connectivity index (χ0n) is 9.61. The van der Waals surface area contributed by atoms with Crippen molar-refractivity contribution in [2.75, 3.05) is 7.05 Å². The predicted octanol–water partition coefficient (Wildman–Crippen LogP) is 2.04. The van der Waals surface area contributed by atoms with Crippen molar-refractivity contribution in [3.63, 3.8) is 0 Å². The topological polar surface area (TPSA) is 46.3 Å². The first-order chi connectivity index (χ1) is 7.56. The molecule has 0 saturated carbocycles. The van der Waals surface area contributed by atoms with E-state index in [2.05, 4.69) is 0 Å². The monoisotopic (exact) mass is 240 g/mol. The molecule has 0 aliphatic rings. The lowest BCUT2D eigenvalue weighted by atomic mass is 10.2. The second kappa shape index (κ2) is 5.87. The molecular weight excluding hydrogens is 224 g/mol. The number of nitrogens with zero attached hydrogens (tertiary/aromatic N) is 1. The number of hydrogen-bond acceptors (Lipinski definition) is 2. The number of benzene rings is 1. The second-order valence-electron chi connectivity index (χ2n) is 3.80. The summed E-state index contributed by atoms with van der Waals surface area (Å²) in [4.78, 5) is 13.4. The Balaban J connectivity index is 2.68. The minimum atomic E-state index is -0.424. The van der Waals surface area contributed by atoms with Crippen molar-refractivity contribution in [3.05, 3.63) is 34.9 Å². The highest BCUT2D eigenvalue weighted by atomic mass is 35.5. The number of amides is 1. The molecule has 0 spiro atoms. The third kappa shape index (κ3) is 3.22. The van der Waals surface area contributed by atoms with E-state index in [1.165, 1.54) is 0 Å². The Kier molecular flexibility index (Phi) is 4.77. The number of likely N-dealkylation sites (N-methyl/N-ethyl adjacent to an activating group) is 1. The van der Waals surface area contributed by atoms with Gasteiger partial charge in [0.05, 0.1) is 6.04 Å². The number of carbonyl (C=O) groups is 1. The third-order valence-electron chi connectivity index (χ3n) is 2.50. The standard InChI is InChI=1S/C12H17ClN2O/c1-3-11(14)12(16)15(2)8-9-6-4-5-7-10(9)13/h4-7,11H,3,8,14H2,1-2H3. The minimum absolute atomic E-state index is 0.0533. The van der Waals surface area contributed by atoms with Crippen LogP contribution < -0.4 is 5.73 Å². The van der Waals surface area contributed by atoms with E-state index in [1.54, 1.807) is 11.9 Å². The molecule has 1 rings (SSSR count). The highest BCUT2D eigenvalue weighted by Crippen LogP contribution is 2.16. The average Bonchev–Trinajstić information content (AvgIpc) is 2.30. The SMILES string of the molecule is CCC(N)C(=O)N(C)Cc1ccccc1Cl. The normalized spacial score (nSPS) is 12.2. The van der Waals surface area contributed by atoms with Crippen LogP contribution in [0, 0.1) is 0 Å². The lowest BCUT2D eigenvalue weighted by Gasteiger charge is -2.21. The van der Waals surface area contributed by atoms with Crippen LogP contribution in [-0.2, 0) is 11.3 Å². The first-order valence-electron chi connectivity index (χ1n) is 5.30. The molecule has 0 aliphatic heterocycles. The van der Waals surface area contributed by atoms with Crippen molar-refractivity contribution in [1.29, 1.82) is 0 Å². The summed E-state index contributed by atoms with van der Waals surface area (Å²) in [5.41, 5.74) is 6.62. The first kappa shape index (κ1) is 13.0. The Bertz CT molecular complexity index is 368. The Hall–Kier alpha value is -1.06. The fourth-order valence-corrected chi connectivity index (χ4v) is 1.61. The summed E-state index contributed by atoms with van der Waals surface area (Å²) in [6.07, 6.45) is 0.645. The van der Waals surface area contributed by atoms with Crippen LogP contribution in [0.2, 0.25) is 5.02 Å². The predicted molar refractivity (Wildman–Crippen MR) is 66.2 cm³/mol. The van der Waals surface area contributed by atoms with Crippen LogP contribution in [0.5, 0.6) is 0 Å². The van der Waals surface area contributed by atoms with Gasteiger partial charge in [0.25, 0.3) is 0 Å². The molecule has 1 unspecified atom stereocenters. The maximum atomic E-state index is 11.7. The van der Waals surface area contributed by atoms with Crippen molar-refractivity contribution in [2.45, 2.75) is 25.9 Å². The molecule has 88 valence electrons. The average molecular weight is 241 g/mol. The fourth-order valence-electron chi connectivity index (χ4n) is 1.42. The lowest BCUT2D eigenvalue weighted by molar-refractivity contribution is -0.131. The van der Waals surface area contributed by atoms with Crippen molar-refractivity contribution in [1.82, 2.24) is 4.90 Å². The van der Waals surface area contributed by atoms with Gasteiger partial charge >= 0.3 is 0 Å². The van der Waals surface area contributed by atoms with Gasteiger partial charge in [0, 0.05) is 18.6 Å². The minimum Gasteiger partial charge on any atom is -0.340 e. The van der Waals surface area contributed by atoms with Gasteiger partial charge in [-0.1, -0.05) is 36.7 Å². The van der Waals surface area contributed by atoms with Crippen LogP contribution in [0.1, 0.15) is 18.9 Å². The van der Waals surface area contributed by atoms with Gasteiger partial charge in [0.2, 0.25) is 5.91 Å². The van der Waals surface area contributed by atoms with Crippen LogP contribution in [-0.4, -0.2) is 23.9 Å². The van der Waals surface area contributed by atoms with Gasteiger partial charge < -0.3 is 10.6 Å². The zero-order chi connectivity index (χ0) is 12.1. The van der Waals surface area contributed by atoms with Crippen LogP contribution in [0.25, 0.3) is 0 Å². The van der Waals surface area contributed by atoms with Gasteiger partial charge in [-0.15, -0.1) is 0 Å². The largest absolute Gasteiger partial charge is 0.340 e. The van der Waals surface area contributed by atoms with Crippen LogP contribution >= 0.6 is 11.6 Å². The maximum Gasteiger partial charge on any atom is 0.239 e. The van der Waals surface area contributed by atoms with Gasteiger partial charge in [-0.05, 0) is 18.1 Å². The number of rotatable bonds is 4. The van der Waals surface area contributed by atoms with E-state index in [0.29, 0.717) is 18.0 Å². The summed E-state index contributed by atoms with van der Waals surface area (Å²) in [5, 5.41) is 0.673. The van der Waals surface area contributed by atoms with Gasteiger partial charge in [0.1, 0.15) is 0 Å². The van der Waals surface area contributed by atoms with Gasteiger partial charge in [-0.2, -0.15) is 0 Å². The summed E-state index contributed by atoms with van der Waals surface area (Å²) in [6.45, 7) is 2.39. The summed E-state index contributed by atoms with van der Waals surface area (Å²) < 4.78 is 0. The quantitative estimate of drug-likeness (QED) is 0.876. The molecule has 1 aromatic carbocycles. The molecule has 0 aliphatic carbocycles. The van der Waals surface area contributed by atoms with Gasteiger partial charge in [-0.25, -0.2) is 0 Å².